The monoisotopic (exact) mass is 856 g/mol. The number of hydrogen-bond donors (Lipinski definition) is 0. The summed E-state index contributed by atoms with van der Waals surface area (Å²) < 4.78 is 2.64. The number of rotatable bonds is 7. The minimum Gasteiger partial charge on any atom is -0.228 e. The van der Waals surface area contributed by atoms with E-state index < -0.39 is 5.41 Å². The van der Waals surface area contributed by atoms with Crippen molar-refractivity contribution in [3.8, 4) is 67.3 Å². The van der Waals surface area contributed by atoms with Crippen molar-refractivity contribution in [2.45, 2.75) is 5.41 Å². The molecule has 12 aromatic rings. The molecule has 0 unspecified atom stereocenters. The predicted molar refractivity (Wildman–Crippen MR) is 277 cm³/mol. The molecule has 3 heteroatoms. The first-order valence-corrected chi connectivity index (χ1v) is 23.4. The van der Waals surface area contributed by atoms with Gasteiger partial charge < -0.3 is 0 Å². The zero-order chi connectivity index (χ0) is 43.6. The Kier molecular flexibility index (Phi) is 8.97. The first-order chi connectivity index (χ1) is 32.7. The van der Waals surface area contributed by atoms with Crippen LogP contribution in [0.25, 0.3) is 98.2 Å². The Morgan fingerprint density at radius 1 is 0.288 bits per heavy atom. The minimum absolute atomic E-state index is 0.506. The smallest absolute Gasteiger partial charge is 0.160 e. The van der Waals surface area contributed by atoms with Crippen LogP contribution in [-0.2, 0) is 5.41 Å². The van der Waals surface area contributed by atoms with E-state index in [4.69, 9.17) is 9.97 Å². The highest BCUT2D eigenvalue weighted by Crippen LogP contribution is 2.56. The van der Waals surface area contributed by atoms with Crippen LogP contribution in [-0.4, -0.2) is 9.97 Å². The van der Waals surface area contributed by atoms with E-state index in [2.05, 4.69) is 237 Å². The van der Waals surface area contributed by atoms with E-state index in [0.717, 1.165) is 33.6 Å². The van der Waals surface area contributed by atoms with Crippen molar-refractivity contribution in [3.63, 3.8) is 0 Å². The van der Waals surface area contributed by atoms with Gasteiger partial charge in [-0.3, -0.25) is 0 Å². The molecular formula is C63H40N2S. The molecule has 0 saturated carbocycles. The van der Waals surface area contributed by atoms with E-state index in [-0.39, 0.29) is 0 Å². The SMILES string of the molecule is c1ccc(-c2nc(-c3ccc(-c4ccc(-c5ccc6c(c5)sc5ccccc56)c5ccccc45)cc3)cc(-c3ccc4c(c3)C(c3ccccc3)(c3ccccc3)c3ccccc3-4)n2)cc1. The third-order valence-electron chi connectivity index (χ3n) is 13.6. The molecule has 0 radical (unpaired) electrons. The van der Waals surface area contributed by atoms with Crippen molar-refractivity contribution in [2.24, 2.45) is 0 Å². The third kappa shape index (κ3) is 6.09. The van der Waals surface area contributed by atoms with Crippen LogP contribution < -0.4 is 0 Å². The first-order valence-electron chi connectivity index (χ1n) is 22.6. The fraction of sp³-hybridized carbons (Fsp3) is 0.0159. The maximum Gasteiger partial charge on any atom is 0.160 e. The average Bonchev–Trinajstić information content (AvgIpc) is 3.92. The molecular weight excluding hydrogens is 817 g/mol. The van der Waals surface area contributed by atoms with Gasteiger partial charge in [-0.05, 0) is 90.7 Å². The number of nitrogens with zero attached hydrogens (tertiary/aromatic N) is 2. The Morgan fingerprint density at radius 3 is 1.50 bits per heavy atom. The number of benzene rings is 10. The maximum atomic E-state index is 5.32. The van der Waals surface area contributed by atoms with Crippen LogP contribution in [0.2, 0.25) is 0 Å². The van der Waals surface area contributed by atoms with Crippen molar-refractivity contribution in [1.29, 1.82) is 0 Å². The second-order valence-corrected chi connectivity index (χ2v) is 18.3. The number of aromatic nitrogens is 2. The van der Waals surface area contributed by atoms with Crippen LogP contribution in [0.1, 0.15) is 22.3 Å². The van der Waals surface area contributed by atoms with Crippen LogP contribution in [0.4, 0.5) is 0 Å². The van der Waals surface area contributed by atoms with Gasteiger partial charge in [-0.1, -0.05) is 218 Å². The molecule has 0 fully saturated rings. The summed E-state index contributed by atoms with van der Waals surface area (Å²) in [5.74, 6) is 0.698. The summed E-state index contributed by atoms with van der Waals surface area (Å²) in [5.41, 5.74) is 16.7. The van der Waals surface area contributed by atoms with E-state index >= 15 is 0 Å². The van der Waals surface area contributed by atoms with Crippen LogP contribution in [0.5, 0.6) is 0 Å². The average molecular weight is 857 g/mol. The van der Waals surface area contributed by atoms with Crippen molar-refractivity contribution >= 4 is 42.3 Å². The van der Waals surface area contributed by atoms with E-state index in [1.807, 2.05) is 17.4 Å². The molecule has 1 aliphatic carbocycles. The third-order valence-corrected chi connectivity index (χ3v) is 14.8. The Bertz CT molecular complexity index is 3760. The molecule has 0 atom stereocenters. The van der Waals surface area contributed by atoms with Crippen LogP contribution >= 0.6 is 11.3 Å². The molecule has 1 aliphatic rings. The second kappa shape index (κ2) is 15.5. The molecule has 10 aromatic carbocycles. The molecule has 0 N–H and O–H groups in total. The van der Waals surface area contributed by atoms with Crippen LogP contribution in [0, 0.1) is 0 Å². The van der Waals surface area contributed by atoms with E-state index in [1.54, 1.807) is 0 Å². The molecule has 2 heterocycles. The molecule has 0 bridgehead atoms. The summed E-state index contributed by atoms with van der Waals surface area (Å²) >= 11 is 1.87. The van der Waals surface area contributed by atoms with Gasteiger partial charge in [0.1, 0.15) is 0 Å². The fourth-order valence-corrected chi connectivity index (χ4v) is 11.7. The summed E-state index contributed by atoms with van der Waals surface area (Å²) in [6, 6.07) is 88.2. The lowest BCUT2D eigenvalue weighted by molar-refractivity contribution is 0.768. The minimum atomic E-state index is -0.506. The van der Waals surface area contributed by atoms with E-state index in [1.165, 1.54) is 81.0 Å². The molecule has 0 spiro atoms. The quantitative estimate of drug-likeness (QED) is 0.160. The maximum absolute atomic E-state index is 5.32. The van der Waals surface area contributed by atoms with Crippen LogP contribution in [0.15, 0.2) is 243 Å². The summed E-state index contributed by atoms with van der Waals surface area (Å²) in [7, 11) is 0. The van der Waals surface area contributed by atoms with Gasteiger partial charge in [-0.15, -0.1) is 11.3 Å². The van der Waals surface area contributed by atoms with Gasteiger partial charge in [0.05, 0.1) is 16.8 Å². The molecule has 66 heavy (non-hydrogen) atoms. The summed E-state index contributed by atoms with van der Waals surface area (Å²) in [4.78, 5) is 10.6. The van der Waals surface area contributed by atoms with Gasteiger partial charge in [0.2, 0.25) is 0 Å². The summed E-state index contributed by atoms with van der Waals surface area (Å²) in [6.07, 6.45) is 0. The number of hydrogen-bond acceptors (Lipinski definition) is 3. The second-order valence-electron chi connectivity index (χ2n) is 17.2. The zero-order valence-electron chi connectivity index (χ0n) is 35.9. The molecule has 0 amide bonds. The van der Waals surface area contributed by atoms with Gasteiger partial charge >= 0.3 is 0 Å². The highest BCUT2D eigenvalue weighted by molar-refractivity contribution is 7.25. The van der Waals surface area contributed by atoms with Gasteiger partial charge in [-0.2, -0.15) is 0 Å². The normalized spacial score (nSPS) is 12.7. The first kappa shape index (κ1) is 38.2. The van der Waals surface area contributed by atoms with Crippen molar-refractivity contribution in [2.75, 3.05) is 0 Å². The standard InChI is InChI=1S/C63H40N2S/c1-4-16-43(17-5-1)62-64-58(40-59(65-62)45-33-34-53-52-24-12-14-26-56(52)63(57(53)38-45,46-18-6-2-7-19-46)47-20-8-3-9-21-47)42-30-28-41(29-31-42)48-36-37-49(51-23-11-10-22-50(48)51)44-32-35-55-54-25-13-15-27-60(54)66-61(55)39-44/h1-40H. The van der Waals surface area contributed by atoms with Gasteiger partial charge in [0.25, 0.3) is 0 Å². The Balaban J connectivity index is 0.919. The molecule has 13 rings (SSSR count). The Labute approximate surface area is 387 Å². The molecule has 308 valence electrons. The molecule has 0 saturated heterocycles. The lowest BCUT2D eigenvalue weighted by Crippen LogP contribution is -2.28. The van der Waals surface area contributed by atoms with Gasteiger partial charge in [0, 0.05) is 36.9 Å². The van der Waals surface area contributed by atoms with Crippen LogP contribution in [0.3, 0.4) is 0 Å². The van der Waals surface area contributed by atoms with E-state index in [0.29, 0.717) is 5.82 Å². The Hall–Kier alpha value is -8.24. The largest absolute Gasteiger partial charge is 0.228 e. The topological polar surface area (TPSA) is 25.8 Å². The number of fused-ring (bicyclic) bond motifs is 7. The zero-order valence-corrected chi connectivity index (χ0v) is 36.7. The van der Waals surface area contributed by atoms with Crippen molar-refractivity contribution < 1.29 is 0 Å². The summed E-state index contributed by atoms with van der Waals surface area (Å²) in [5, 5.41) is 5.12. The van der Waals surface area contributed by atoms with E-state index in [9.17, 15) is 0 Å². The lowest BCUT2D eigenvalue weighted by atomic mass is 9.67. The predicted octanol–water partition coefficient (Wildman–Crippen LogP) is 16.7. The van der Waals surface area contributed by atoms with Crippen molar-refractivity contribution in [1.82, 2.24) is 9.97 Å². The summed E-state index contributed by atoms with van der Waals surface area (Å²) in [6.45, 7) is 0. The lowest BCUT2D eigenvalue weighted by Gasteiger charge is -2.34. The highest BCUT2D eigenvalue weighted by atomic mass is 32.1. The fourth-order valence-electron chi connectivity index (χ4n) is 10.6. The van der Waals surface area contributed by atoms with Gasteiger partial charge in [0.15, 0.2) is 5.82 Å². The Morgan fingerprint density at radius 2 is 0.788 bits per heavy atom. The van der Waals surface area contributed by atoms with Gasteiger partial charge in [-0.25, -0.2) is 9.97 Å². The molecule has 2 aromatic heterocycles. The number of thiophene rings is 1. The highest BCUT2D eigenvalue weighted by Gasteiger charge is 2.46. The molecule has 0 aliphatic heterocycles. The molecule has 2 nitrogen and oxygen atoms in total. The van der Waals surface area contributed by atoms with Crippen molar-refractivity contribution in [3.05, 3.63) is 265 Å².